The lowest BCUT2D eigenvalue weighted by Crippen LogP contribution is -2.57. The third-order valence-electron chi connectivity index (χ3n) is 5.45. The molecule has 6 N–H and O–H groups in total. The van der Waals surface area contributed by atoms with Gasteiger partial charge in [-0.25, -0.2) is 4.79 Å². The van der Waals surface area contributed by atoms with Crippen LogP contribution in [0, 0.1) is 5.92 Å². The first-order chi connectivity index (χ1) is 17.1. The molecule has 1 rings (SSSR count). The summed E-state index contributed by atoms with van der Waals surface area (Å²) in [5, 5.41) is 17.6. The molecule has 0 radical (unpaired) electrons. The molecular weight excluding hydrogens is 500 g/mol. The molecule has 0 aliphatic rings. The summed E-state index contributed by atoms with van der Waals surface area (Å²) in [5.74, 6) is -1.30. The molecule has 36 heavy (non-hydrogen) atoms. The van der Waals surface area contributed by atoms with Crippen molar-refractivity contribution in [3.05, 3.63) is 35.9 Å². The summed E-state index contributed by atoms with van der Waals surface area (Å²) < 4.78 is 0. The van der Waals surface area contributed by atoms with Crippen LogP contribution in [-0.4, -0.2) is 77.0 Å². The normalized spacial score (nSPS) is 14.4. The second-order valence-corrected chi connectivity index (χ2v) is 11.0. The largest absolute Gasteiger partial charge is 0.480 e. The van der Waals surface area contributed by atoms with Crippen LogP contribution in [0.5, 0.6) is 0 Å². The highest BCUT2D eigenvalue weighted by Gasteiger charge is 2.30. The first-order valence-corrected chi connectivity index (χ1v) is 14.8. The molecule has 3 amide bonds. The molecule has 0 aromatic heterocycles. The van der Waals surface area contributed by atoms with Gasteiger partial charge in [-0.2, -0.15) is 23.5 Å². The maximum Gasteiger partial charge on any atom is 0.326 e. The zero-order valence-electron chi connectivity index (χ0n) is 21.5. The summed E-state index contributed by atoms with van der Waals surface area (Å²) >= 11 is 3.08. The second kappa shape index (κ2) is 17.3. The van der Waals surface area contributed by atoms with E-state index in [2.05, 4.69) is 16.0 Å². The van der Waals surface area contributed by atoms with E-state index in [1.807, 2.05) is 56.7 Å². The topological polar surface area (TPSA) is 151 Å². The van der Waals surface area contributed by atoms with E-state index in [0.29, 0.717) is 24.3 Å². The summed E-state index contributed by atoms with van der Waals surface area (Å²) in [6.45, 7) is 3.74. The van der Waals surface area contributed by atoms with Gasteiger partial charge in [0, 0.05) is 6.42 Å². The van der Waals surface area contributed by atoms with Crippen molar-refractivity contribution >= 4 is 47.2 Å². The number of carboxylic acid groups (broad SMARTS) is 1. The van der Waals surface area contributed by atoms with Crippen LogP contribution in [0.3, 0.4) is 0 Å². The van der Waals surface area contributed by atoms with Gasteiger partial charge >= 0.3 is 5.97 Å². The van der Waals surface area contributed by atoms with Crippen LogP contribution in [-0.2, 0) is 25.6 Å². The Hall–Kier alpha value is -2.24. The SMILES string of the molecule is CSCCC(N)C(=O)NC(Cc1ccccc1)C(=O)NC(CCSC)C(=O)NC(CC(C)C)C(=O)O. The lowest BCUT2D eigenvalue weighted by atomic mass is 10.0. The monoisotopic (exact) mass is 540 g/mol. The van der Waals surface area contributed by atoms with Crippen molar-refractivity contribution in [3.63, 3.8) is 0 Å². The fourth-order valence-electron chi connectivity index (χ4n) is 3.46. The van der Waals surface area contributed by atoms with Crippen LogP contribution in [0.1, 0.15) is 38.7 Å². The van der Waals surface area contributed by atoms with Gasteiger partial charge in [-0.3, -0.25) is 14.4 Å². The van der Waals surface area contributed by atoms with Crippen LogP contribution < -0.4 is 21.7 Å². The van der Waals surface area contributed by atoms with Crippen molar-refractivity contribution in [1.29, 1.82) is 0 Å². The van der Waals surface area contributed by atoms with Crippen LogP contribution in [0.2, 0.25) is 0 Å². The molecule has 0 aliphatic carbocycles. The predicted octanol–water partition coefficient (Wildman–Crippen LogP) is 1.65. The van der Waals surface area contributed by atoms with Crippen molar-refractivity contribution in [1.82, 2.24) is 16.0 Å². The quantitative estimate of drug-likeness (QED) is 0.200. The third-order valence-corrected chi connectivity index (χ3v) is 6.74. The van der Waals surface area contributed by atoms with Gasteiger partial charge in [0.15, 0.2) is 0 Å². The number of hydrogen-bond donors (Lipinski definition) is 5. The molecule has 0 heterocycles. The van der Waals surface area contributed by atoms with Gasteiger partial charge in [0.2, 0.25) is 17.7 Å². The lowest BCUT2D eigenvalue weighted by molar-refractivity contribution is -0.142. The van der Waals surface area contributed by atoms with Crippen molar-refractivity contribution in [2.45, 2.75) is 63.7 Å². The number of aliphatic carboxylic acids is 1. The standard InChI is InChI=1S/C25H40N4O5S2/c1-16(2)14-21(25(33)34)29-23(31)19(11-13-36-4)27-24(32)20(15-17-8-6-5-7-9-17)28-22(30)18(26)10-12-35-3/h5-9,16,18-21H,10-15,26H2,1-4H3,(H,27,32)(H,28,30)(H,29,31)(H,33,34). The number of nitrogens with two attached hydrogens (primary N) is 1. The van der Waals surface area contributed by atoms with E-state index in [-0.39, 0.29) is 18.8 Å². The van der Waals surface area contributed by atoms with Crippen molar-refractivity contribution in [3.8, 4) is 0 Å². The molecule has 0 aliphatic heterocycles. The maximum absolute atomic E-state index is 13.3. The average molecular weight is 541 g/mol. The van der Waals surface area contributed by atoms with Gasteiger partial charge in [-0.1, -0.05) is 44.2 Å². The molecule has 1 aromatic rings. The van der Waals surface area contributed by atoms with Gasteiger partial charge in [0.25, 0.3) is 0 Å². The lowest BCUT2D eigenvalue weighted by Gasteiger charge is -2.25. The second-order valence-electron chi connectivity index (χ2n) is 9.01. The highest BCUT2D eigenvalue weighted by molar-refractivity contribution is 7.98. The summed E-state index contributed by atoms with van der Waals surface area (Å²) in [6.07, 6.45) is 5.07. The molecule has 9 nitrogen and oxygen atoms in total. The smallest absolute Gasteiger partial charge is 0.326 e. The average Bonchev–Trinajstić information content (AvgIpc) is 2.84. The minimum absolute atomic E-state index is 0.0615. The van der Waals surface area contributed by atoms with Gasteiger partial charge in [-0.05, 0) is 54.8 Å². The molecular formula is C25H40N4O5S2. The van der Waals surface area contributed by atoms with E-state index in [1.54, 1.807) is 11.8 Å². The molecule has 4 atom stereocenters. The van der Waals surface area contributed by atoms with Crippen LogP contribution >= 0.6 is 23.5 Å². The van der Waals surface area contributed by atoms with E-state index >= 15 is 0 Å². The van der Waals surface area contributed by atoms with Gasteiger partial charge < -0.3 is 26.8 Å². The Balaban J connectivity index is 3.05. The molecule has 1 aromatic carbocycles. The Morgan fingerprint density at radius 3 is 1.92 bits per heavy atom. The first-order valence-electron chi connectivity index (χ1n) is 12.0. The van der Waals surface area contributed by atoms with E-state index in [1.165, 1.54) is 11.8 Å². The third kappa shape index (κ3) is 12.1. The molecule has 0 saturated heterocycles. The number of rotatable bonds is 17. The van der Waals surface area contributed by atoms with Gasteiger partial charge in [0.05, 0.1) is 6.04 Å². The zero-order chi connectivity index (χ0) is 27.1. The Kier molecular flexibility index (Phi) is 15.2. The fraction of sp³-hybridized carbons (Fsp3) is 0.600. The van der Waals surface area contributed by atoms with Gasteiger partial charge in [0.1, 0.15) is 18.1 Å². The van der Waals surface area contributed by atoms with E-state index in [4.69, 9.17) is 5.73 Å². The number of nitrogens with one attached hydrogen (secondary N) is 3. The summed E-state index contributed by atoms with van der Waals surface area (Å²) in [7, 11) is 0. The minimum Gasteiger partial charge on any atom is -0.480 e. The molecule has 0 fully saturated rings. The number of amides is 3. The predicted molar refractivity (Wildman–Crippen MR) is 147 cm³/mol. The summed E-state index contributed by atoms with van der Waals surface area (Å²) in [6, 6.07) is 5.52. The number of hydrogen-bond acceptors (Lipinski definition) is 7. The number of carbonyl (C=O) groups is 4. The number of thioether (sulfide) groups is 2. The van der Waals surface area contributed by atoms with E-state index in [0.717, 1.165) is 5.56 Å². The van der Waals surface area contributed by atoms with E-state index in [9.17, 15) is 24.3 Å². The number of carbonyl (C=O) groups excluding carboxylic acids is 3. The van der Waals surface area contributed by atoms with Crippen molar-refractivity contribution in [2.75, 3.05) is 24.0 Å². The highest BCUT2D eigenvalue weighted by atomic mass is 32.2. The Morgan fingerprint density at radius 1 is 0.833 bits per heavy atom. The Labute approximate surface area is 222 Å². The summed E-state index contributed by atoms with van der Waals surface area (Å²) in [4.78, 5) is 50.7. The van der Waals surface area contributed by atoms with Crippen LogP contribution in [0.25, 0.3) is 0 Å². The van der Waals surface area contributed by atoms with Crippen molar-refractivity contribution in [2.24, 2.45) is 11.7 Å². The summed E-state index contributed by atoms with van der Waals surface area (Å²) in [5.41, 5.74) is 6.84. The fourth-order valence-corrected chi connectivity index (χ4v) is 4.42. The van der Waals surface area contributed by atoms with Crippen LogP contribution in [0.4, 0.5) is 0 Å². The highest BCUT2D eigenvalue weighted by Crippen LogP contribution is 2.09. The van der Waals surface area contributed by atoms with Crippen LogP contribution in [0.15, 0.2) is 30.3 Å². The molecule has 0 bridgehead atoms. The van der Waals surface area contributed by atoms with Crippen molar-refractivity contribution < 1.29 is 24.3 Å². The molecule has 11 heteroatoms. The molecule has 4 unspecified atom stereocenters. The number of carboxylic acids is 1. The molecule has 0 saturated carbocycles. The maximum atomic E-state index is 13.3. The molecule has 0 spiro atoms. The Morgan fingerprint density at radius 2 is 1.36 bits per heavy atom. The Bertz CT molecular complexity index is 841. The van der Waals surface area contributed by atoms with Gasteiger partial charge in [-0.15, -0.1) is 0 Å². The molecule has 202 valence electrons. The zero-order valence-corrected chi connectivity index (χ0v) is 23.1. The minimum atomic E-state index is -1.12. The first kappa shape index (κ1) is 31.8. The van der Waals surface area contributed by atoms with E-state index < -0.39 is 47.9 Å². The number of benzene rings is 1.